The van der Waals surface area contributed by atoms with Gasteiger partial charge in [-0.25, -0.2) is 0 Å². The lowest BCUT2D eigenvalue weighted by Gasteiger charge is -2.31. The van der Waals surface area contributed by atoms with Gasteiger partial charge in [-0.15, -0.1) is 0 Å². The van der Waals surface area contributed by atoms with Crippen LogP contribution in [0.4, 0.5) is 0 Å². The molecule has 3 heteroatoms. The Morgan fingerprint density at radius 2 is 1.89 bits per heavy atom. The first-order chi connectivity index (χ1) is 9.01. The van der Waals surface area contributed by atoms with Crippen molar-refractivity contribution >= 4 is 5.97 Å². The first kappa shape index (κ1) is 15.7. The maximum Gasteiger partial charge on any atom is 0.307 e. The smallest absolute Gasteiger partial charge is 0.307 e. The number of hydrogen-bond acceptors (Lipinski definition) is 3. The molecule has 0 aliphatic carbocycles. The molecule has 0 aliphatic heterocycles. The highest BCUT2D eigenvalue weighted by atomic mass is 16.5. The number of benzene rings is 1. The molecule has 3 nitrogen and oxygen atoms in total. The summed E-state index contributed by atoms with van der Waals surface area (Å²) >= 11 is 0. The molecular weight excluding hydrogens is 238 g/mol. The summed E-state index contributed by atoms with van der Waals surface area (Å²) in [6, 6.07) is 8.31. The molecule has 1 N–H and O–H groups in total. The van der Waals surface area contributed by atoms with Crippen LogP contribution in [0.15, 0.2) is 24.3 Å². The summed E-state index contributed by atoms with van der Waals surface area (Å²) in [5, 5.41) is 3.47. The molecule has 1 aromatic rings. The molecule has 1 rings (SSSR count). The lowest BCUT2D eigenvalue weighted by atomic mass is 9.88. The number of rotatable bonds is 7. The monoisotopic (exact) mass is 263 g/mol. The van der Waals surface area contributed by atoms with E-state index in [-0.39, 0.29) is 11.5 Å². The molecule has 0 radical (unpaired) electrons. The topological polar surface area (TPSA) is 38.3 Å². The van der Waals surface area contributed by atoms with Gasteiger partial charge in [0.25, 0.3) is 0 Å². The van der Waals surface area contributed by atoms with Crippen molar-refractivity contribution in [2.45, 2.75) is 46.1 Å². The zero-order chi connectivity index (χ0) is 14.3. The molecule has 0 saturated carbocycles. The SMILES string of the molecule is CCCNC(C)(CC(=O)OCC)c1ccc(C)cc1. The van der Waals surface area contributed by atoms with E-state index in [9.17, 15) is 4.79 Å². The van der Waals surface area contributed by atoms with Crippen LogP contribution in [0.2, 0.25) is 0 Å². The molecule has 0 heterocycles. The molecule has 19 heavy (non-hydrogen) atoms. The molecule has 0 spiro atoms. The van der Waals surface area contributed by atoms with Crippen LogP contribution < -0.4 is 5.32 Å². The van der Waals surface area contributed by atoms with E-state index >= 15 is 0 Å². The first-order valence-electron chi connectivity index (χ1n) is 6.99. The molecule has 0 amide bonds. The molecule has 106 valence electrons. The zero-order valence-electron chi connectivity index (χ0n) is 12.5. The van der Waals surface area contributed by atoms with Crippen LogP contribution in [0.25, 0.3) is 0 Å². The van der Waals surface area contributed by atoms with Gasteiger partial charge in [0.05, 0.1) is 18.6 Å². The third-order valence-corrected chi connectivity index (χ3v) is 3.26. The molecule has 1 aromatic carbocycles. The van der Waals surface area contributed by atoms with E-state index in [4.69, 9.17) is 4.74 Å². The van der Waals surface area contributed by atoms with Crippen molar-refractivity contribution in [3.63, 3.8) is 0 Å². The van der Waals surface area contributed by atoms with E-state index in [1.165, 1.54) is 5.56 Å². The van der Waals surface area contributed by atoms with Crippen LogP contribution in [-0.2, 0) is 15.1 Å². The summed E-state index contributed by atoms with van der Waals surface area (Å²) in [4.78, 5) is 11.8. The van der Waals surface area contributed by atoms with Crippen molar-refractivity contribution in [3.05, 3.63) is 35.4 Å². The maximum atomic E-state index is 11.8. The Morgan fingerprint density at radius 3 is 2.42 bits per heavy atom. The number of carbonyl (C=O) groups is 1. The van der Waals surface area contributed by atoms with Gasteiger partial charge in [0.15, 0.2) is 0 Å². The van der Waals surface area contributed by atoms with Gasteiger partial charge in [-0.05, 0) is 39.3 Å². The number of nitrogens with one attached hydrogen (secondary N) is 1. The second-order valence-corrected chi connectivity index (χ2v) is 5.11. The van der Waals surface area contributed by atoms with E-state index in [0.29, 0.717) is 13.0 Å². The molecule has 0 fully saturated rings. The zero-order valence-corrected chi connectivity index (χ0v) is 12.5. The van der Waals surface area contributed by atoms with Crippen LogP contribution in [0.3, 0.4) is 0 Å². The van der Waals surface area contributed by atoms with E-state index in [1.54, 1.807) is 0 Å². The highest BCUT2D eigenvalue weighted by Crippen LogP contribution is 2.25. The Bertz CT molecular complexity index is 400. The fourth-order valence-electron chi connectivity index (χ4n) is 2.09. The summed E-state index contributed by atoms with van der Waals surface area (Å²) in [5.41, 5.74) is 1.98. The highest BCUT2D eigenvalue weighted by molar-refractivity contribution is 5.71. The third-order valence-electron chi connectivity index (χ3n) is 3.26. The maximum absolute atomic E-state index is 11.8. The molecule has 1 atom stereocenters. The van der Waals surface area contributed by atoms with Crippen molar-refractivity contribution in [2.24, 2.45) is 0 Å². The van der Waals surface area contributed by atoms with Gasteiger partial charge in [0.1, 0.15) is 0 Å². The second kappa shape index (κ2) is 7.29. The van der Waals surface area contributed by atoms with Gasteiger partial charge in [-0.1, -0.05) is 36.8 Å². The van der Waals surface area contributed by atoms with E-state index < -0.39 is 0 Å². The Labute approximate surface area is 116 Å². The average molecular weight is 263 g/mol. The first-order valence-corrected chi connectivity index (χ1v) is 6.99. The van der Waals surface area contributed by atoms with Gasteiger partial charge in [0, 0.05) is 0 Å². The minimum absolute atomic E-state index is 0.158. The van der Waals surface area contributed by atoms with Crippen molar-refractivity contribution in [3.8, 4) is 0 Å². The Balaban J connectivity index is 2.91. The number of esters is 1. The van der Waals surface area contributed by atoms with Crippen molar-refractivity contribution in [2.75, 3.05) is 13.2 Å². The predicted molar refractivity (Wildman–Crippen MR) is 78.1 cm³/mol. The highest BCUT2D eigenvalue weighted by Gasteiger charge is 2.29. The van der Waals surface area contributed by atoms with Crippen LogP contribution in [0.1, 0.15) is 44.7 Å². The minimum Gasteiger partial charge on any atom is -0.466 e. The van der Waals surface area contributed by atoms with Crippen LogP contribution in [0, 0.1) is 6.92 Å². The van der Waals surface area contributed by atoms with Crippen LogP contribution in [0.5, 0.6) is 0 Å². The Hall–Kier alpha value is -1.35. The second-order valence-electron chi connectivity index (χ2n) is 5.11. The predicted octanol–water partition coefficient (Wildman–Crippen LogP) is 3.16. The van der Waals surface area contributed by atoms with Gasteiger partial charge in [-0.2, -0.15) is 0 Å². The van der Waals surface area contributed by atoms with Crippen molar-refractivity contribution < 1.29 is 9.53 Å². The van der Waals surface area contributed by atoms with Crippen LogP contribution in [-0.4, -0.2) is 19.1 Å². The van der Waals surface area contributed by atoms with Crippen molar-refractivity contribution in [1.29, 1.82) is 0 Å². The summed E-state index contributed by atoms with van der Waals surface area (Å²) in [6.07, 6.45) is 1.38. The fourth-order valence-corrected chi connectivity index (χ4v) is 2.09. The molecule has 0 aromatic heterocycles. The molecule has 1 unspecified atom stereocenters. The average Bonchev–Trinajstić information content (AvgIpc) is 2.37. The summed E-state index contributed by atoms with van der Waals surface area (Å²) in [6.45, 7) is 9.38. The quantitative estimate of drug-likeness (QED) is 0.768. The minimum atomic E-state index is -0.365. The number of aryl methyl sites for hydroxylation is 1. The van der Waals surface area contributed by atoms with Gasteiger partial charge >= 0.3 is 5.97 Å². The largest absolute Gasteiger partial charge is 0.466 e. The summed E-state index contributed by atoms with van der Waals surface area (Å²) in [7, 11) is 0. The lowest BCUT2D eigenvalue weighted by Crippen LogP contribution is -2.42. The molecule has 0 aliphatic rings. The number of carbonyl (C=O) groups excluding carboxylic acids is 1. The summed E-state index contributed by atoms with van der Waals surface area (Å²) in [5.74, 6) is -0.158. The van der Waals surface area contributed by atoms with Gasteiger partial charge < -0.3 is 10.1 Å². The number of ether oxygens (including phenoxy) is 1. The fraction of sp³-hybridized carbons (Fsp3) is 0.562. The Morgan fingerprint density at radius 1 is 1.26 bits per heavy atom. The van der Waals surface area contributed by atoms with Gasteiger partial charge in [0.2, 0.25) is 0 Å². The molecule has 0 saturated heterocycles. The number of hydrogen-bond donors (Lipinski definition) is 1. The lowest BCUT2D eigenvalue weighted by molar-refractivity contribution is -0.144. The van der Waals surface area contributed by atoms with Gasteiger partial charge in [-0.3, -0.25) is 4.79 Å². The standard InChI is InChI=1S/C16H25NO2/c1-5-11-17-16(4,12-15(18)19-6-2)14-9-7-13(3)8-10-14/h7-10,17H,5-6,11-12H2,1-4H3. The normalized spacial score (nSPS) is 13.9. The van der Waals surface area contributed by atoms with E-state index in [1.807, 2.05) is 6.92 Å². The Kier molecular flexibility index (Phi) is 6.03. The third kappa shape index (κ3) is 4.67. The molecule has 0 bridgehead atoms. The van der Waals surface area contributed by atoms with E-state index in [0.717, 1.165) is 18.5 Å². The van der Waals surface area contributed by atoms with E-state index in [2.05, 4.69) is 50.4 Å². The van der Waals surface area contributed by atoms with Crippen LogP contribution >= 0.6 is 0 Å². The summed E-state index contributed by atoms with van der Waals surface area (Å²) < 4.78 is 5.08. The molecular formula is C16H25NO2. The van der Waals surface area contributed by atoms with Crippen molar-refractivity contribution in [1.82, 2.24) is 5.32 Å².